The molecule has 0 aromatic heterocycles. The van der Waals surface area contributed by atoms with Gasteiger partial charge in [0.25, 0.3) is 0 Å². The van der Waals surface area contributed by atoms with E-state index in [-0.39, 0.29) is 37.5 Å². The lowest BCUT2D eigenvalue weighted by atomic mass is 9.79. The molecule has 0 heterocycles. The largest absolute Gasteiger partial charge is 0.481 e. The number of carboxylic acids is 2. The summed E-state index contributed by atoms with van der Waals surface area (Å²) in [5, 5.41) is 32.7. The Morgan fingerprint density at radius 2 is 0.852 bits per heavy atom. The number of hydrogen-bond acceptors (Lipinski definition) is 14. The van der Waals surface area contributed by atoms with E-state index in [0.29, 0.717) is 27.8 Å². The summed E-state index contributed by atoms with van der Waals surface area (Å²) in [4.78, 5) is 177. The van der Waals surface area contributed by atoms with Gasteiger partial charge in [0, 0.05) is 48.1 Å². The Balaban J connectivity index is 1.56. The highest BCUT2D eigenvalue weighted by Gasteiger charge is 2.46. The van der Waals surface area contributed by atoms with Gasteiger partial charge in [-0.1, -0.05) is 207 Å². The first-order valence-corrected chi connectivity index (χ1v) is 36.6. The lowest BCUT2D eigenvalue weighted by Crippen LogP contribution is -2.63. The lowest BCUT2D eigenvalue weighted by Gasteiger charge is -2.41. The average molecular weight is 1490 g/mol. The first kappa shape index (κ1) is 88.1. The van der Waals surface area contributed by atoms with E-state index in [1.54, 1.807) is 116 Å². The summed E-state index contributed by atoms with van der Waals surface area (Å²) < 4.78 is 13.0. The van der Waals surface area contributed by atoms with Gasteiger partial charge in [-0.3, -0.25) is 52.8 Å². The van der Waals surface area contributed by atoms with Crippen molar-refractivity contribution in [2.24, 2.45) is 23.7 Å². The van der Waals surface area contributed by atoms with Gasteiger partial charge in [-0.05, 0) is 98.9 Å². The Morgan fingerprint density at radius 3 is 1.29 bits per heavy atom. The predicted octanol–water partition coefficient (Wildman–Crippen LogP) is 7.45. The number of nitrogens with zero attached hydrogens (tertiary/aromatic N) is 5. The maximum atomic E-state index is 16.2. The molecule has 7 N–H and O–H groups in total. The standard InChI is InChI=1S/C82H112N10O16/c1-50(2)44-63(90(16)77(102)68(52(5)6)86-71(96)54(9)88(14)80(106)108-81(11,12)13)74(99)87-69(55(10)107-82(58-38-28-21-29-39-58,59-40-30-22-31-41-59)60-42-32-23-33-43-60)78(103)91(17)64(47-57-36-26-20-27-37-57)73(98)83-49-66(93)89(15)65(45-51(3)4)76(101)92(18)70(53(7)8)75(100)84-61(46-56-34-24-19-25-35-56)72(97)85-62(79(104)105)48-67(94)95/h19-43,50-55,61-65,68-70H,44-49H2,1-18H3,(H,83,98)(H,84,100)(H,85,97)(H,86,96)(H,87,99)(H,94,95)(H,104,105)/t54-,55+,61-,62-,63-,64-,65-,68-,69-,70-/m0/s1. The average Bonchev–Trinajstić information content (AvgIpc) is 0.750. The van der Waals surface area contributed by atoms with Crippen LogP contribution >= 0.6 is 0 Å². The molecule has 0 saturated heterocycles. The minimum Gasteiger partial charge on any atom is -0.481 e. The van der Waals surface area contributed by atoms with Crippen molar-refractivity contribution in [3.05, 3.63) is 179 Å². The third-order valence-corrected chi connectivity index (χ3v) is 18.8. The molecule has 5 aromatic rings. The number of carbonyl (C=O) groups is 12. The van der Waals surface area contributed by atoms with Gasteiger partial charge in [0.05, 0.1) is 19.1 Å². The summed E-state index contributed by atoms with van der Waals surface area (Å²) >= 11 is 0. The molecule has 0 bridgehead atoms. The molecule has 0 aliphatic carbocycles. The van der Waals surface area contributed by atoms with E-state index in [2.05, 4.69) is 26.6 Å². The Kier molecular flexibility index (Phi) is 33.0. The number of amides is 10. The normalized spacial score (nSPS) is 14.4. The van der Waals surface area contributed by atoms with Gasteiger partial charge in [0.15, 0.2) is 0 Å². The van der Waals surface area contributed by atoms with Gasteiger partial charge >= 0.3 is 18.0 Å². The Labute approximate surface area is 635 Å². The molecule has 10 atom stereocenters. The van der Waals surface area contributed by atoms with E-state index in [1.165, 1.54) is 56.9 Å². The van der Waals surface area contributed by atoms with Crippen molar-refractivity contribution in [2.75, 3.05) is 41.8 Å². The van der Waals surface area contributed by atoms with Gasteiger partial charge in [0.1, 0.15) is 65.6 Å². The molecular weight excluding hydrogens is 1380 g/mol. The number of aliphatic carboxylic acids is 2. The van der Waals surface area contributed by atoms with Crippen LogP contribution in [0.2, 0.25) is 0 Å². The van der Waals surface area contributed by atoms with Gasteiger partial charge in [0.2, 0.25) is 53.2 Å². The molecule has 0 unspecified atom stereocenters. The molecule has 586 valence electrons. The number of hydrogen-bond donors (Lipinski definition) is 7. The zero-order valence-electron chi connectivity index (χ0n) is 65.6. The van der Waals surface area contributed by atoms with Crippen LogP contribution < -0.4 is 26.6 Å². The van der Waals surface area contributed by atoms with Crippen molar-refractivity contribution >= 4 is 71.2 Å². The molecular formula is C82H112N10O16. The van der Waals surface area contributed by atoms with Gasteiger partial charge in [-0.2, -0.15) is 0 Å². The van der Waals surface area contributed by atoms with Crippen molar-refractivity contribution in [3.63, 3.8) is 0 Å². The second kappa shape index (κ2) is 40.5. The third-order valence-electron chi connectivity index (χ3n) is 18.8. The van der Waals surface area contributed by atoms with Gasteiger partial charge < -0.3 is 65.9 Å². The Hall–Kier alpha value is -10.5. The summed E-state index contributed by atoms with van der Waals surface area (Å²) in [6.45, 7) is 21.6. The number of benzene rings is 5. The fourth-order valence-corrected chi connectivity index (χ4v) is 12.7. The van der Waals surface area contributed by atoms with E-state index in [4.69, 9.17) is 9.47 Å². The van der Waals surface area contributed by atoms with Gasteiger partial charge in [-0.25, -0.2) is 9.59 Å². The van der Waals surface area contributed by atoms with Crippen LogP contribution in [0.5, 0.6) is 0 Å². The fourth-order valence-electron chi connectivity index (χ4n) is 12.7. The summed E-state index contributed by atoms with van der Waals surface area (Å²) in [7, 11) is 6.99. The summed E-state index contributed by atoms with van der Waals surface area (Å²) in [5.74, 6) is -11.7. The second-order valence-corrected chi connectivity index (χ2v) is 30.1. The number of carboxylic acid groups (broad SMARTS) is 2. The molecule has 5 rings (SSSR count). The van der Waals surface area contributed by atoms with Crippen molar-refractivity contribution in [3.8, 4) is 0 Å². The molecule has 26 nitrogen and oxygen atoms in total. The maximum absolute atomic E-state index is 16.2. The van der Waals surface area contributed by atoms with Crippen molar-refractivity contribution < 1.29 is 77.2 Å². The summed E-state index contributed by atoms with van der Waals surface area (Å²) in [6.07, 6.45) is -3.18. The SMILES string of the molecule is CC(C)C[C@@H](C(=O)N(C)[C@H](C(=O)N[C@@H](Cc1ccccc1)C(=O)N[C@@H](CC(=O)O)C(=O)O)C(C)C)N(C)C(=O)CNC(=O)[C@H](Cc1ccccc1)N(C)C(=O)[C@@H](NC(=O)[C@H](CC(C)C)N(C)C(=O)[C@@H](NC(=O)[C@H](C)N(C)C(=O)OC(C)(C)C)C(C)C)[C@@H](C)OC(c1ccccc1)(c1ccccc1)c1ccccc1. The monoisotopic (exact) mass is 1490 g/mol. The van der Waals surface area contributed by atoms with Crippen LogP contribution in [-0.2, 0) is 80.7 Å². The number of rotatable bonds is 38. The highest BCUT2D eigenvalue weighted by molar-refractivity contribution is 5.99. The minimum absolute atomic E-state index is 0.0556. The van der Waals surface area contributed by atoms with Crippen LogP contribution in [0.1, 0.15) is 137 Å². The van der Waals surface area contributed by atoms with Crippen LogP contribution in [0.3, 0.4) is 0 Å². The second-order valence-electron chi connectivity index (χ2n) is 30.1. The summed E-state index contributed by atoms with van der Waals surface area (Å²) in [6, 6.07) is 32.7. The highest BCUT2D eigenvalue weighted by atomic mass is 16.6. The third kappa shape index (κ3) is 24.5. The first-order chi connectivity index (χ1) is 50.7. The maximum Gasteiger partial charge on any atom is 0.410 e. The number of nitrogens with one attached hydrogen (secondary N) is 5. The highest BCUT2D eigenvalue weighted by Crippen LogP contribution is 2.42. The van der Waals surface area contributed by atoms with Crippen molar-refractivity contribution in [1.29, 1.82) is 0 Å². The first-order valence-electron chi connectivity index (χ1n) is 36.6. The number of carbonyl (C=O) groups excluding carboxylic acids is 10. The number of likely N-dealkylation sites (N-methyl/N-ethyl adjacent to an activating group) is 5. The fraction of sp³-hybridized carbons (Fsp3) is 0.488. The molecule has 0 aliphatic rings. The van der Waals surface area contributed by atoms with E-state index in [0.717, 1.165) is 9.80 Å². The molecule has 26 heteroatoms. The number of ether oxygens (including phenoxy) is 2. The molecule has 108 heavy (non-hydrogen) atoms. The molecule has 0 saturated carbocycles. The van der Waals surface area contributed by atoms with Crippen LogP contribution in [0.15, 0.2) is 152 Å². The van der Waals surface area contributed by atoms with Crippen molar-refractivity contribution in [2.45, 2.75) is 194 Å². The topological polar surface area (TPSA) is 340 Å². The molecule has 0 fully saturated rings. The van der Waals surface area contributed by atoms with E-state index < -0.39 is 168 Å². The smallest absolute Gasteiger partial charge is 0.410 e. The van der Waals surface area contributed by atoms with E-state index in [9.17, 15) is 43.8 Å². The van der Waals surface area contributed by atoms with E-state index >= 15 is 24.0 Å². The van der Waals surface area contributed by atoms with E-state index in [1.807, 2.05) is 119 Å². The van der Waals surface area contributed by atoms with Crippen LogP contribution in [-0.4, -0.2) is 214 Å². The lowest BCUT2D eigenvalue weighted by molar-refractivity contribution is -0.151. The zero-order chi connectivity index (χ0) is 80.7. The molecule has 0 aliphatic heterocycles. The van der Waals surface area contributed by atoms with Gasteiger partial charge in [-0.15, -0.1) is 0 Å². The minimum atomic E-state index is -1.84. The molecule has 10 amide bonds. The predicted molar refractivity (Wildman–Crippen MR) is 409 cm³/mol. The molecule has 0 spiro atoms. The Morgan fingerprint density at radius 1 is 0.426 bits per heavy atom. The van der Waals surface area contributed by atoms with Crippen LogP contribution in [0.4, 0.5) is 4.79 Å². The summed E-state index contributed by atoms with van der Waals surface area (Å²) in [5.41, 5.74) is 0.771. The van der Waals surface area contributed by atoms with Crippen LogP contribution in [0, 0.1) is 23.7 Å². The zero-order valence-corrected chi connectivity index (χ0v) is 65.6. The molecule has 0 radical (unpaired) electrons. The Bertz CT molecular complexity index is 3740. The van der Waals surface area contributed by atoms with Crippen molar-refractivity contribution in [1.82, 2.24) is 51.1 Å². The quantitative estimate of drug-likeness (QED) is 0.0189. The molecule has 5 aromatic carbocycles. The van der Waals surface area contributed by atoms with Crippen LogP contribution in [0.25, 0.3) is 0 Å².